The molecule has 1 aliphatic rings. The number of benzene rings is 1. The molecular weight excluding hydrogens is 252 g/mol. The number of nitrogens with one attached hydrogen (secondary N) is 1. The van der Waals surface area contributed by atoms with Gasteiger partial charge in [-0.3, -0.25) is 4.98 Å². The third-order valence-corrected chi connectivity index (χ3v) is 3.63. The number of anilines is 2. The highest BCUT2D eigenvalue weighted by Gasteiger charge is 2.20. The fraction of sp³-hybridized carbons (Fsp3) is 0.333. The number of nitrogen functional groups attached to an aromatic ring is 1. The van der Waals surface area contributed by atoms with E-state index in [2.05, 4.69) is 27.4 Å². The van der Waals surface area contributed by atoms with E-state index in [0.717, 1.165) is 30.8 Å². The largest absolute Gasteiger partial charge is 0.480 e. The van der Waals surface area contributed by atoms with E-state index in [4.69, 9.17) is 10.5 Å². The van der Waals surface area contributed by atoms with E-state index in [9.17, 15) is 0 Å². The Kier molecular flexibility index (Phi) is 3.41. The van der Waals surface area contributed by atoms with Crippen molar-refractivity contribution in [2.75, 3.05) is 18.2 Å². The molecule has 0 radical (unpaired) electrons. The van der Waals surface area contributed by atoms with Gasteiger partial charge in [0.2, 0.25) is 5.88 Å². The quantitative estimate of drug-likeness (QED) is 0.838. The molecule has 0 saturated carbocycles. The van der Waals surface area contributed by atoms with E-state index >= 15 is 0 Å². The zero-order valence-electron chi connectivity index (χ0n) is 11.5. The number of nitrogens with two attached hydrogens (primary N) is 1. The van der Waals surface area contributed by atoms with Crippen molar-refractivity contribution in [1.29, 1.82) is 0 Å². The lowest BCUT2D eigenvalue weighted by atomic mass is 9.87. The fourth-order valence-electron chi connectivity index (χ4n) is 2.68. The Morgan fingerprint density at radius 1 is 1.35 bits per heavy atom. The van der Waals surface area contributed by atoms with Crippen molar-refractivity contribution in [2.45, 2.75) is 25.3 Å². The number of ether oxygens (including phenoxy) is 1. The number of aryl methyl sites for hydroxylation is 1. The predicted molar refractivity (Wildman–Crippen MR) is 78.7 cm³/mol. The molecule has 1 aromatic carbocycles. The third kappa shape index (κ3) is 2.52. The highest BCUT2D eigenvalue weighted by Crippen LogP contribution is 2.33. The maximum Gasteiger partial charge on any atom is 0.233 e. The van der Waals surface area contributed by atoms with Crippen molar-refractivity contribution >= 4 is 11.5 Å². The highest BCUT2D eigenvalue weighted by molar-refractivity contribution is 5.49. The molecule has 1 aromatic heterocycles. The van der Waals surface area contributed by atoms with E-state index in [-0.39, 0.29) is 6.04 Å². The molecule has 0 spiro atoms. The van der Waals surface area contributed by atoms with Crippen molar-refractivity contribution in [1.82, 2.24) is 9.97 Å². The minimum atomic E-state index is 0.251. The molecular formula is C15H18N4O. The zero-order valence-corrected chi connectivity index (χ0v) is 11.5. The number of rotatable bonds is 3. The molecule has 1 heterocycles. The predicted octanol–water partition coefficient (Wildman–Crippen LogP) is 2.56. The Morgan fingerprint density at radius 3 is 3.10 bits per heavy atom. The van der Waals surface area contributed by atoms with E-state index in [1.165, 1.54) is 11.1 Å². The second-order valence-corrected chi connectivity index (χ2v) is 4.99. The first-order valence-corrected chi connectivity index (χ1v) is 6.77. The molecule has 20 heavy (non-hydrogen) atoms. The summed E-state index contributed by atoms with van der Waals surface area (Å²) in [6.45, 7) is 0. The molecule has 0 aliphatic heterocycles. The Balaban J connectivity index is 1.85. The molecule has 3 N–H and O–H groups in total. The average Bonchev–Trinajstić information content (AvgIpc) is 2.47. The van der Waals surface area contributed by atoms with Crippen LogP contribution in [0.4, 0.5) is 11.5 Å². The minimum Gasteiger partial charge on any atom is -0.480 e. The maximum absolute atomic E-state index is 5.86. The topological polar surface area (TPSA) is 73.1 Å². The molecule has 0 fully saturated rings. The van der Waals surface area contributed by atoms with Gasteiger partial charge in [0.1, 0.15) is 5.82 Å². The molecule has 104 valence electrons. The number of methoxy groups -OCH3 is 1. The van der Waals surface area contributed by atoms with Gasteiger partial charge in [0.05, 0.1) is 25.5 Å². The van der Waals surface area contributed by atoms with Crippen LogP contribution in [-0.4, -0.2) is 17.1 Å². The summed E-state index contributed by atoms with van der Waals surface area (Å²) < 4.78 is 5.10. The van der Waals surface area contributed by atoms with Gasteiger partial charge < -0.3 is 15.8 Å². The number of aromatic nitrogens is 2. The molecule has 3 rings (SSSR count). The second-order valence-electron chi connectivity index (χ2n) is 4.99. The van der Waals surface area contributed by atoms with Crippen molar-refractivity contribution in [2.24, 2.45) is 0 Å². The molecule has 0 bridgehead atoms. The van der Waals surface area contributed by atoms with Crippen LogP contribution >= 0.6 is 0 Å². The van der Waals surface area contributed by atoms with Crippen molar-refractivity contribution in [3.8, 4) is 5.88 Å². The van der Waals surface area contributed by atoms with E-state index in [0.29, 0.717) is 5.88 Å². The molecule has 2 aromatic rings. The summed E-state index contributed by atoms with van der Waals surface area (Å²) in [5.41, 5.74) is 9.31. The highest BCUT2D eigenvalue weighted by atomic mass is 16.5. The van der Waals surface area contributed by atoms with Gasteiger partial charge in [0, 0.05) is 5.69 Å². The summed E-state index contributed by atoms with van der Waals surface area (Å²) in [7, 11) is 1.59. The second kappa shape index (κ2) is 5.36. The number of fused-ring (bicyclic) bond motifs is 1. The van der Waals surface area contributed by atoms with Gasteiger partial charge in [-0.15, -0.1) is 0 Å². The Labute approximate surface area is 118 Å². The summed E-state index contributed by atoms with van der Waals surface area (Å²) >= 11 is 0. The van der Waals surface area contributed by atoms with Crippen LogP contribution in [-0.2, 0) is 6.42 Å². The Bertz CT molecular complexity index is 615. The molecule has 1 aliphatic carbocycles. The zero-order chi connectivity index (χ0) is 13.9. The van der Waals surface area contributed by atoms with Crippen LogP contribution in [0.3, 0.4) is 0 Å². The summed E-state index contributed by atoms with van der Waals surface area (Å²) in [5, 5.41) is 3.44. The van der Waals surface area contributed by atoms with Gasteiger partial charge in [-0.25, -0.2) is 0 Å². The number of hydrogen-bond acceptors (Lipinski definition) is 5. The van der Waals surface area contributed by atoms with Crippen LogP contribution < -0.4 is 15.8 Å². The molecule has 0 amide bonds. The Morgan fingerprint density at radius 2 is 2.25 bits per heavy atom. The molecule has 1 atom stereocenters. The SMILES string of the molecule is COc1cncc(NC2CCCc3cc(N)ccc32)n1. The fourth-order valence-corrected chi connectivity index (χ4v) is 2.68. The number of nitrogens with zero attached hydrogens (tertiary/aromatic N) is 2. The molecule has 5 heteroatoms. The van der Waals surface area contributed by atoms with Crippen LogP contribution in [0.15, 0.2) is 30.6 Å². The summed E-state index contributed by atoms with van der Waals surface area (Å²) in [6.07, 6.45) is 6.62. The van der Waals surface area contributed by atoms with Crippen LogP contribution in [0.2, 0.25) is 0 Å². The standard InChI is InChI=1S/C15H18N4O/c1-20-15-9-17-8-14(19-15)18-13-4-2-3-10-7-11(16)5-6-12(10)13/h5-9,13H,2-4,16H2,1H3,(H,18,19). The average molecular weight is 270 g/mol. The van der Waals surface area contributed by atoms with E-state index in [1.54, 1.807) is 19.5 Å². The van der Waals surface area contributed by atoms with Crippen LogP contribution in [0.1, 0.15) is 30.0 Å². The van der Waals surface area contributed by atoms with Crippen molar-refractivity contribution < 1.29 is 4.74 Å². The maximum atomic E-state index is 5.86. The lowest BCUT2D eigenvalue weighted by molar-refractivity contribution is 0.396. The van der Waals surface area contributed by atoms with Crippen molar-refractivity contribution in [3.63, 3.8) is 0 Å². The van der Waals surface area contributed by atoms with Crippen molar-refractivity contribution in [3.05, 3.63) is 41.7 Å². The lowest BCUT2D eigenvalue weighted by Gasteiger charge is -2.27. The van der Waals surface area contributed by atoms with Gasteiger partial charge >= 0.3 is 0 Å². The first-order chi connectivity index (χ1) is 9.76. The summed E-state index contributed by atoms with van der Waals surface area (Å²) in [4.78, 5) is 8.48. The Hall–Kier alpha value is -2.30. The van der Waals surface area contributed by atoms with Gasteiger partial charge in [0.15, 0.2) is 0 Å². The molecule has 5 nitrogen and oxygen atoms in total. The number of hydrogen-bond donors (Lipinski definition) is 2. The summed E-state index contributed by atoms with van der Waals surface area (Å²) in [6, 6.07) is 6.38. The smallest absolute Gasteiger partial charge is 0.233 e. The monoisotopic (exact) mass is 270 g/mol. The first kappa shape index (κ1) is 12.7. The molecule has 1 unspecified atom stereocenters. The van der Waals surface area contributed by atoms with Crippen LogP contribution in [0, 0.1) is 0 Å². The van der Waals surface area contributed by atoms with Gasteiger partial charge in [-0.2, -0.15) is 4.98 Å². The summed E-state index contributed by atoms with van der Waals surface area (Å²) in [5.74, 6) is 1.25. The van der Waals surface area contributed by atoms with Crippen LogP contribution in [0.5, 0.6) is 5.88 Å². The van der Waals surface area contributed by atoms with Gasteiger partial charge in [0.25, 0.3) is 0 Å². The van der Waals surface area contributed by atoms with Crippen LogP contribution in [0.25, 0.3) is 0 Å². The van der Waals surface area contributed by atoms with E-state index < -0.39 is 0 Å². The first-order valence-electron chi connectivity index (χ1n) is 6.77. The van der Waals surface area contributed by atoms with Gasteiger partial charge in [-0.05, 0) is 42.5 Å². The lowest BCUT2D eigenvalue weighted by Crippen LogP contribution is -2.18. The van der Waals surface area contributed by atoms with Gasteiger partial charge in [-0.1, -0.05) is 6.07 Å². The third-order valence-electron chi connectivity index (χ3n) is 3.63. The minimum absolute atomic E-state index is 0.251. The normalized spacial score (nSPS) is 17.4. The molecule has 0 saturated heterocycles. The van der Waals surface area contributed by atoms with E-state index in [1.807, 2.05) is 6.07 Å².